The number of aromatic nitrogens is 1. The molecule has 0 bridgehead atoms. The van der Waals surface area contributed by atoms with Crippen LogP contribution in [0.25, 0.3) is 10.9 Å². The van der Waals surface area contributed by atoms with Gasteiger partial charge in [-0.25, -0.2) is 4.98 Å². The van der Waals surface area contributed by atoms with Crippen LogP contribution in [-0.4, -0.2) is 12.1 Å². The van der Waals surface area contributed by atoms with Gasteiger partial charge >= 0.3 is 0 Å². The van der Waals surface area contributed by atoms with Crippen LogP contribution in [0.1, 0.15) is 5.56 Å². The van der Waals surface area contributed by atoms with E-state index in [-0.39, 0.29) is 12.4 Å². The second-order valence-electron chi connectivity index (χ2n) is 3.25. The molecule has 1 aromatic carbocycles. The molecule has 4 heteroatoms. The molecule has 0 aliphatic heterocycles. The molecule has 2 N–H and O–H groups in total. The number of ether oxygens (including phenoxy) is 1. The van der Waals surface area contributed by atoms with E-state index in [1.165, 1.54) is 0 Å². The van der Waals surface area contributed by atoms with Crippen LogP contribution in [0.2, 0.25) is 0 Å². The molecule has 1 heterocycles. The van der Waals surface area contributed by atoms with Gasteiger partial charge in [0.1, 0.15) is 11.6 Å². The second kappa shape index (κ2) is 4.36. The lowest BCUT2D eigenvalue weighted by Gasteiger charge is -2.04. The van der Waals surface area contributed by atoms with Crippen LogP contribution < -0.4 is 10.5 Å². The summed E-state index contributed by atoms with van der Waals surface area (Å²) in [6.45, 7) is 1.95. The monoisotopic (exact) mass is 224 g/mol. The minimum Gasteiger partial charge on any atom is -0.497 e. The number of rotatable bonds is 1. The lowest BCUT2D eigenvalue weighted by atomic mass is 10.1. The normalized spacial score (nSPS) is 9.73. The quantitative estimate of drug-likeness (QED) is 0.810. The van der Waals surface area contributed by atoms with E-state index in [0.717, 1.165) is 22.2 Å². The predicted octanol–water partition coefficient (Wildman–Crippen LogP) is 2.56. The van der Waals surface area contributed by atoms with Crippen LogP contribution in [0.15, 0.2) is 24.3 Å². The minimum atomic E-state index is 0. The summed E-state index contributed by atoms with van der Waals surface area (Å²) in [6.07, 6.45) is 0. The maximum Gasteiger partial charge on any atom is 0.127 e. The molecule has 2 aromatic rings. The third-order valence-electron chi connectivity index (χ3n) is 2.25. The van der Waals surface area contributed by atoms with E-state index in [1.807, 2.05) is 31.2 Å². The summed E-state index contributed by atoms with van der Waals surface area (Å²) < 4.78 is 5.13. The minimum absolute atomic E-state index is 0. The molecule has 2 rings (SSSR count). The molecular formula is C11H13ClN2O. The topological polar surface area (TPSA) is 48.1 Å². The highest BCUT2D eigenvalue weighted by Gasteiger charge is 2.01. The zero-order chi connectivity index (χ0) is 10.1. The number of benzene rings is 1. The highest BCUT2D eigenvalue weighted by atomic mass is 35.5. The van der Waals surface area contributed by atoms with Crippen molar-refractivity contribution in [3.05, 3.63) is 29.8 Å². The number of halogens is 1. The van der Waals surface area contributed by atoms with Crippen molar-refractivity contribution < 1.29 is 4.74 Å². The van der Waals surface area contributed by atoms with E-state index >= 15 is 0 Å². The number of hydrogen-bond acceptors (Lipinski definition) is 3. The van der Waals surface area contributed by atoms with Crippen LogP contribution in [0.5, 0.6) is 5.75 Å². The molecule has 0 saturated heterocycles. The number of aryl methyl sites for hydroxylation is 1. The number of nitrogens with zero attached hydrogens (tertiary/aromatic N) is 1. The van der Waals surface area contributed by atoms with Crippen LogP contribution in [-0.2, 0) is 0 Å². The smallest absolute Gasteiger partial charge is 0.127 e. The zero-order valence-electron chi connectivity index (χ0n) is 8.65. The van der Waals surface area contributed by atoms with Gasteiger partial charge in [0.15, 0.2) is 0 Å². The summed E-state index contributed by atoms with van der Waals surface area (Å²) in [5, 5.41) is 1.05. The maximum absolute atomic E-state index is 5.71. The van der Waals surface area contributed by atoms with E-state index in [4.69, 9.17) is 10.5 Å². The number of methoxy groups -OCH3 is 1. The Morgan fingerprint density at radius 2 is 2.00 bits per heavy atom. The van der Waals surface area contributed by atoms with Crippen molar-refractivity contribution in [2.24, 2.45) is 0 Å². The van der Waals surface area contributed by atoms with Gasteiger partial charge in [-0.1, -0.05) is 0 Å². The summed E-state index contributed by atoms with van der Waals surface area (Å²) in [7, 11) is 1.65. The molecule has 0 unspecified atom stereocenters. The molecule has 0 radical (unpaired) electrons. The molecule has 0 spiro atoms. The summed E-state index contributed by atoms with van der Waals surface area (Å²) in [5.41, 5.74) is 7.60. The Hall–Kier alpha value is -1.48. The lowest BCUT2D eigenvalue weighted by Crippen LogP contribution is -1.94. The average molecular weight is 225 g/mol. The van der Waals surface area contributed by atoms with E-state index in [1.54, 1.807) is 7.11 Å². The van der Waals surface area contributed by atoms with Gasteiger partial charge in [0.25, 0.3) is 0 Å². The van der Waals surface area contributed by atoms with Crippen LogP contribution in [0, 0.1) is 6.92 Å². The van der Waals surface area contributed by atoms with Crippen LogP contribution in [0.4, 0.5) is 5.82 Å². The van der Waals surface area contributed by atoms with Gasteiger partial charge in [-0.3, -0.25) is 0 Å². The first kappa shape index (κ1) is 11.6. The first-order valence-corrected chi connectivity index (χ1v) is 4.41. The Bertz CT molecular complexity index is 485. The molecule has 15 heavy (non-hydrogen) atoms. The van der Waals surface area contributed by atoms with Gasteiger partial charge in [0.05, 0.1) is 12.6 Å². The molecular weight excluding hydrogens is 212 g/mol. The molecule has 80 valence electrons. The second-order valence-corrected chi connectivity index (χ2v) is 3.25. The van der Waals surface area contributed by atoms with Crippen molar-refractivity contribution in [3.8, 4) is 5.75 Å². The van der Waals surface area contributed by atoms with Crippen molar-refractivity contribution in [2.45, 2.75) is 6.92 Å². The average Bonchev–Trinajstić information content (AvgIpc) is 2.19. The summed E-state index contributed by atoms with van der Waals surface area (Å²) in [4.78, 5) is 4.27. The fraction of sp³-hybridized carbons (Fsp3) is 0.182. The molecule has 0 saturated carbocycles. The Morgan fingerprint density at radius 3 is 2.67 bits per heavy atom. The molecule has 0 amide bonds. The Balaban J connectivity index is 0.00000112. The molecule has 0 aliphatic carbocycles. The Labute approximate surface area is 94.7 Å². The summed E-state index contributed by atoms with van der Waals surface area (Å²) >= 11 is 0. The van der Waals surface area contributed by atoms with Crippen molar-refractivity contribution >= 4 is 29.1 Å². The highest BCUT2D eigenvalue weighted by molar-refractivity contribution is 5.85. The third-order valence-corrected chi connectivity index (χ3v) is 2.25. The van der Waals surface area contributed by atoms with Crippen LogP contribution >= 0.6 is 12.4 Å². The SMILES string of the molecule is COc1ccc2nc(N)c(C)cc2c1.Cl. The number of anilines is 1. The summed E-state index contributed by atoms with van der Waals surface area (Å²) in [5.74, 6) is 1.42. The first-order valence-electron chi connectivity index (χ1n) is 4.41. The number of pyridine rings is 1. The Kier molecular flexibility index (Phi) is 3.37. The standard InChI is InChI=1S/C11H12N2O.ClH/c1-7-5-8-6-9(14-2)3-4-10(8)13-11(7)12;/h3-6H,1-2H3,(H2,12,13);1H. The largest absolute Gasteiger partial charge is 0.497 e. The molecule has 0 atom stereocenters. The molecule has 0 aliphatic rings. The van der Waals surface area contributed by atoms with Crippen molar-refractivity contribution in [1.82, 2.24) is 4.98 Å². The Morgan fingerprint density at radius 1 is 1.27 bits per heavy atom. The van der Waals surface area contributed by atoms with Gasteiger partial charge in [-0.2, -0.15) is 0 Å². The highest BCUT2D eigenvalue weighted by Crippen LogP contribution is 2.22. The van der Waals surface area contributed by atoms with Gasteiger partial charge in [-0.15, -0.1) is 12.4 Å². The number of nitrogen functional groups attached to an aromatic ring is 1. The van der Waals surface area contributed by atoms with Crippen molar-refractivity contribution in [3.63, 3.8) is 0 Å². The number of hydrogen-bond donors (Lipinski definition) is 1. The van der Waals surface area contributed by atoms with Gasteiger partial charge in [0.2, 0.25) is 0 Å². The molecule has 3 nitrogen and oxygen atoms in total. The maximum atomic E-state index is 5.71. The van der Waals surface area contributed by atoms with E-state index in [9.17, 15) is 0 Å². The number of nitrogens with two attached hydrogens (primary N) is 1. The van der Waals surface area contributed by atoms with E-state index < -0.39 is 0 Å². The predicted molar refractivity (Wildman–Crippen MR) is 64.7 cm³/mol. The van der Waals surface area contributed by atoms with Crippen LogP contribution in [0.3, 0.4) is 0 Å². The summed E-state index contributed by atoms with van der Waals surface area (Å²) in [6, 6.07) is 7.75. The van der Waals surface area contributed by atoms with Crippen molar-refractivity contribution in [2.75, 3.05) is 12.8 Å². The zero-order valence-corrected chi connectivity index (χ0v) is 9.47. The fourth-order valence-corrected chi connectivity index (χ4v) is 1.40. The lowest BCUT2D eigenvalue weighted by molar-refractivity contribution is 0.415. The molecule has 0 fully saturated rings. The van der Waals surface area contributed by atoms with E-state index in [2.05, 4.69) is 4.98 Å². The van der Waals surface area contributed by atoms with Crippen molar-refractivity contribution in [1.29, 1.82) is 0 Å². The van der Waals surface area contributed by atoms with Gasteiger partial charge in [-0.05, 0) is 36.8 Å². The number of fused-ring (bicyclic) bond motifs is 1. The van der Waals surface area contributed by atoms with Gasteiger partial charge < -0.3 is 10.5 Å². The fourth-order valence-electron chi connectivity index (χ4n) is 1.40. The molecule has 1 aromatic heterocycles. The first-order chi connectivity index (χ1) is 6.70. The third kappa shape index (κ3) is 2.13. The van der Waals surface area contributed by atoms with Gasteiger partial charge in [0, 0.05) is 5.39 Å². The van der Waals surface area contributed by atoms with E-state index in [0.29, 0.717) is 5.82 Å².